The maximum absolute atomic E-state index is 11.8. The normalized spacial score (nSPS) is 11.1. The Hall–Kier alpha value is -1.91. The molecule has 1 rings (SSSR count). The predicted molar refractivity (Wildman–Crippen MR) is 74.5 cm³/mol. The van der Waals surface area contributed by atoms with E-state index in [1.165, 1.54) is 24.3 Å². The second-order valence-electron chi connectivity index (χ2n) is 4.46. The van der Waals surface area contributed by atoms with Gasteiger partial charge in [-0.25, -0.2) is 13.1 Å². The predicted octanol–water partition coefficient (Wildman–Crippen LogP) is 1.02. The van der Waals surface area contributed by atoms with Gasteiger partial charge in [-0.2, -0.15) is 5.26 Å². The highest BCUT2D eigenvalue weighted by Crippen LogP contribution is 2.10. The number of nitrogens with zero attached hydrogens (tertiary/aromatic N) is 1. The molecule has 0 spiro atoms. The van der Waals surface area contributed by atoms with E-state index in [1.807, 2.05) is 19.9 Å². The van der Waals surface area contributed by atoms with Gasteiger partial charge < -0.3 is 5.32 Å². The minimum absolute atomic E-state index is 0.0126. The molecule has 0 saturated heterocycles. The van der Waals surface area contributed by atoms with Gasteiger partial charge in [0.2, 0.25) is 10.0 Å². The van der Waals surface area contributed by atoms with Crippen LogP contribution in [-0.2, 0) is 10.0 Å². The van der Waals surface area contributed by atoms with Crippen LogP contribution < -0.4 is 10.0 Å². The highest BCUT2D eigenvalue weighted by molar-refractivity contribution is 7.89. The van der Waals surface area contributed by atoms with E-state index in [2.05, 4.69) is 10.0 Å². The summed E-state index contributed by atoms with van der Waals surface area (Å²) in [5.41, 5.74) is 0.398. The first-order chi connectivity index (χ1) is 9.36. The molecule has 2 N–H and O–H groups in total. The van der Waals surface area contributed by atoms with E-state index in [4.69, 9.17) is 5.26 Å². The summed E-state index contributed by atoms with van der Waals surface area (Å²) in [6.45, 7) is 3.75. The smallest absolute Gasteiger partial charge is 0.251 e. The Kier molecular flexibility index (Phi) is 5.67. The van der Waals surface area contributed by atoms with Gasteiger partial charge in [-0.1, -0.05) is 0 Å². The number of sulfonamides is 1. The van der Waals surface area contributed by atoms with Crippen LogP contribution in [-0.4, -0.2) is 26.9 Å². The van der Waals surface area contributed by atoms with Crippen molar-refractivity contribution >= 4 is 15.9 Å². The Bertz CT molecular complexity index is 601. The minimum atomic E-state index is -3.63. The molecule has 0 saturated carbocycles. The molecule has 0 atom stereocenters. The minimum Gasteiger partial charge on any atom is -0.350 e. The Morgan fingerprint density at radius 3 is 2.40 bits per heavy atom. The first-order valence-electron chi connectivity index (χ1n) is 6.14. The van der Waals surface area contributed by atoms with Crippen LogP contribution in [0.2, 0.25) is 0 Å². The van der Waals surface area contributed by atoms with E-state index < -0.39 is 10.0 Å². The largest absolute Gasteiger partial charge is 0.350 e. The monoisotopic (exact) mass is 295 g/mol. The zero-order chi connectivity index (χ0) is 15.2. The maximum atomic E-state index is 11.8. The van der Waals surface area contributed by atoms with Crippen LogP contribution >= 0.6 is 0 Å². The molecule has 20 heavy (non-hydrogen) atoms. The van der Waals surface area contributed by atoms with Gasteiger partial charge in [-0.05, 0) is 38.1 Å². The molecular weight excluding hydrogens is 278 g/mol. The van der Waals surface area contributed by atoms with Gasteiger partial charge in [0.15, 0.2) is 0 Å². The lowest BCUT2D eigenvalue weighted by Crippen LogP contribution is -2.30. The Morgan fingerprint density at radius 1 is 1.30 bits per heavy atom. The number of benzene rings is 1. The summed E-state index contributed by atoms with van der Waals surface area (Å²) in [6, 6.07) is 7.51. The first kappa shape index (κ1) is 16.1. The van der Waals surface area contributed by atoms with Crippen molar-refractivity contribution in [3.8, 4) is 6.07 Å². The molecule has 1 amide bonds. The zero-order valence-corrected chi connectivity index (χ0v) is 12.2. The highest BCUT2D eigenvalue weighted by atomic mass is 32.2. The topological polar surface area (TPSA) is 99.1 Å². The van der Waals surface area contributed by atoms with Crippen molar-refractivity contribution in [2.75, 3.05) is 6.54 Å². The molecule has 0 heterocycles. The van der Waals surface area contributed by atoms with Crippen LogP contribution in [0.25, 0.3) is 0 Å². The molecule has 0 bridgehead atoms. The molecule has 0 aliphatic heterocycles. The summed E-state index contributed by atoms with van der Waals surface area (Å²) >= 11 is 0. The fraction of sp³-hybridized carbons (Fsp3) is 0.385. The molecule has 7 heteroatoms. The second kappa shape index (κ2) is 7.03. The summed E-state index contributed by atoms with van der Waals surface area (Å²) in [5.74, 6) is -0.249. The SMILES string of the molecule is CC(C)NC(=O)c1ccc(S(=O)(=O)NCCC#N)cc1. The maximum Gasteiger partial charge on any atom is 0.251 e. The van der Waals surface area contributed by atoms with Crippen molar-refractivity contribution in [1.29, 1.82) is 5.26 Å². The van der Waals surface area contributed by atoms with Gasteiger partial charge in [0.1, 0.15) is 0 Å². The summed E-state index contributed by atoms with van der Waals surface area (Å²) in [4.78, 5) is 11.8. The van der Waals surface area contributed by atoms with E-state index in [1.54, 1.807) is 0 Å². The Balaban J connectivity index is 2.81. The van der Waals surface area contributed by atoms with Crippen molar-refractivity contribution in [2.45, 2.75) is 31.2 Å². The van der Waals surface area contributed by atoms with Crippen molar-refractivity contribution in [3.05, 3.63) is 29.8 Å². The van der Waals surface area contributed by atoms with Gasteiger partial charge in [-0.3, -0.25) is 4.79 Å². The number of carbonyl (C=O) groups excluding carboxylic acids is 1. The average molecular weight is 295 g/mol. The third-order valence-corrected chi connectivity index (χ3v) is 3.85. The lowest BCUT2D eigenvalue weighted by molar-refractivity contribution is 0.0943. The standard InChI is InChI=1S/C13H17N3O3S/c1-10(2)16-13(17)11-4-6-12(7-5-11)20(18,19)15-9-3-8-14/h4-7,10,15H,3,9H2,1-2H3,(H,16,17). The van der Waals surface area contributed by atoms with Crippen LogP contribution in [0.5, 0.6) is 0 Å². The fourth-order valence-corrected chi connectivity index (χ4v) is 2.49. The molecule has 0 radical (unpaired) electrons. The van der Waals surface area contributed by atoms with Crippen LogP contribution in [0.15, 0.2) is 29.2 Å². The van der Waals surface area contributed by atoms with E-state index in [-0.39, 0.29) is 29.8 Å². The van der Waals surface area contributed by atoms with E-state index in [0.717, 1.165) is 0 Å². The van der Waals surface area contributed by atoms with Crippen LogP contribution in [0.1, 0.15) is 30.6 Å². The summed E-state index contributed by atoms with van der Waals surface area (Å²) in [5, 5.41) is 11.1. The molecule has 0 aliphatic rings. The van der Waals surface area contributed by atoms with Crippen molar-refractivity contribution < 1.29 is 13.2 Å². The van der Waals surface area contributed by atoms with E-state index in [9.17, 15) is 13.2 Å². The molecular formula is C13H17N3O3S. The van der Waals surface area contributed by atoms with Gasteiger partial charge in [0.25, 0.3) is 5.91 Å². The van der Waals surface area contributed by atoms with Crippen LogP contribution in [0, 0.1) is 11.3 Å². The fourth-order valence-electron chi connectivity index (χ4n) is 1.46. The van der Waals surface area contributed by atoms with E-state index >= 15 is 0 Å². The van der Waals surface area contributed by atoms with Gasteiger partial charge in [0, 0.05) is 24.6 Å². The lowest BCUT2D eigenvalue weighted by Gasteiger charge is -2.09. The number of hydrogen-bond acceptors (Lipinski definition) is 4. The average Bonchev–Trinajstić information content (AvgIpc) is 2.38. The molecule has 0 unspecified atom stereocenters. The number of nitriles is 1. The van der Waals surface area contributed by atoms with Crippen LogP contribution in [0.3, 0.4) is 0 Å². The molecule has 0 fully saturated rings. The number of carbonyl (C=O) groups is 1. The summed E-state index contributed by atoms with van der Waals surface area (Å²) < 4.78 is 26.0. The third kappa shape index (κ3) is 4.64. The quantitative estimate of drug-likeness (QED) is 0.765. The number of rotatable bonds is 6. The molecule has 6 nitrogen and oxygen atoms in total. The van der Waals surface area contributed by atoms with Gasteiger partial charge in [0.05, 0.1) is 11.0 Å². The highest BCUT2D eigenvalue weighted by Gasteiger charge is 2.14. The van der Waals surface area contributed by atoms with Gasteiger partial charge in [-0.15, -0.1) is 0 Å². The number of nitrogens with one attached hydrogen (secondary N) is 2. The van der Waals surface area contributed by atoms with Gasteiger partial charge >= 0.3 is 0 Å². The third-order valence-electron chi connectivity index (χ3n) is 2.38. The number of hydrogen-bond donors (Lipinski definition) is 2. The second-order valence-corrected chi connectivity index (χ2v) is 6.23. The molecule has 1 aromatic rings. The summed E-state index contributed by atoms with van der Waals surface area (Å²) in [7, 11) is -3.63. The molecule has 1 aromatic carbocycles. The lowest BCUT2D eigenvalue weighted by atomic mass is 10.2. The number of amides is 1. The molecule has 0 aliphatic carbocycles. The van der Waals surface area contributed by atoms with Crippen LogP contribution in [0.4, 0.5) is 0 Å². The summed E-state index contributed by atoms with van der Waals surface area (Å²) in [6.07, 6.45) is 0.105. The van der Waals surface area contributed by atoms with Crippen molar-refractivity contribution in [2.24, 2.45) is 0 Å². The zero-order valence-electron chi connectivity index (χ0n) is 11.4. The first-order valence-corrected chi connectivity index (χ1v) is 7.62. The molecule has 0 aromatic heterocycles. The van der Waals surface area contributed by atoms with Crippen molar-refractivity contribution in [3.63, 3.8) is 0 Å². The van der Waals surface area contributed by atoms with E-state index in [0.29, 0.717) is 5.56 Å². The Labute approximate surface area is 118 Å². The molecule has 108 valence electrons. The van der Waals surface area contributed by atoms with Crippen molar-refractivity contribution in [1.82, 2.24) is 10.0 Å². The Morgan fingerprint density at radius 2 is 1.90 bits per heavy atom.